The van der Waals surface area contributed by atoms with Crippen molar-refractivity contribution in [2.24, 2.45) is 4.99 Å². The summed E-state index contributed by atoms with van der Waals surface area (Å²) in [6.07, 6.45) is 1.73. The molecule has 4 rings (SSSR count). The van der Waals surface area contributed by atoms with Gasteiger partial charge in [0.05, 0.1) is 7.11 Å². The van der Waals surface area contributed by atoms with Crippen molar-refractivity contribution in [3.8, 4) is 5.75 Å². The summed E-state index contributed by atoms with van der Waals surface area (Å²) in [5, 5.41) is 2.06. The number of nitrogens with zero attached hydrogens (tertiary/aromatic N) is 1. The lowest BCUT2D eigenvalue weighted by Crippen LogP contribution is -2.05. The van der Waals surface area contributed by atoms with Gasteiger partial charge in [-0.1, -0.05) is 48.0 Å². The summed E-state index contributed by atoms with van der Waals surface area (Å²) in [5.41, 5.74) is 2.98. The zero-order valence-electron chi connectivity index (χ0n) is 14.5. The van der Waals surface area contributed by atoms with Crippen molar-refractivity contribution in [3.63, 3.8) is 0 Å². The molecule has 4 heteroatoms. The average Bonchev–Trinajstić information content (AvgIpc) is 3.03. The Morgan fingerprint density at radius 2 is 1.77 bits per heavy atom. The number of aliphatic imine (C=N–C) groups is 1. The van der Waals surface area contributed by atoms with E-state index in [0.29, 0.717) is 11.6 Å². The molecule has 0 aromatic heterocycles. The zero-order valence-corrected chi connectivity index (χ0v) is 14.5. The Balaban J connectivity index is 1.82. The van der Waals surface area contributed by atoms with Crippen molar-refractivity contribution in [1.29, 1.82) is 0 Å². The minimum absolute atomic E-state index is 0.259. The minimum atomic E-state index is -0.462. The van der Waals surface area contributed by atoms with Crippen LogP contribution in [0.1, 0.15) is 16.7 Å². The summed E-state index contributed by atoms with van der Waals surface area (Å²) in [4.78, 5) is 16.7. The number of fused-ring (bicyclic) bond motifs is 1. The molecule has 0 atom stereocenters. The van der Waals surface area contributed by atoms with Crippen LogP contribution in [0.2, 0.25) is 0 Å². The number of hydrogen-bond acceptors (Lipinski definition) is 4. The number of methoxy groups -OCH3 is 1. The highest BCUT2D eigenvalue weighted by Crippen LogP contribution is 2.31. The summed E-state index contributed by atoms with van der Waals surface area (Å²) >= 11 is 0. The molecule has 0 amide bonds. The number of ether oxygens (including phenoxy) is 2. The first-order chi connectivity index (χ1) is 12.7. The summed E-state index contributed by atoms with van der Waals surface area (Å²) in [5.74, 6) is 0.541. The third-order valence-corrected chi connectivity index (χ3v) is 4.35. The van der Waals surface area contributed by atoms with E-state index >= 15 is 0 Å². The Kier molecular flexibility index (Phi) is 4.01. The molecule has 26 heavy (non-hydrogen) atoms. The maximum atomic E-state index is 12.3. The van der Waals surface area contributed by atoms with Crippen LogP contribution in [0.3, 0.4) is 0 Å². The van der Waals surface area contributed by atoms with Crippen LogP contribution >= 0.6 is 0 Å². The maximum Gasteiger partial charge on any atom is 0.363 e. The number of esters is 1. The monoisotopic (exact) mass is 343 g/mol. The van der Waals surface area contributed by atoms with E-state index in [1.165, 1.54) is 0 Å². The molecule has 0 bridgehead atoms. The van der Waals surface area contributed by atoms with Crippen molar-refractivity contribution in [2.75, 3.05) is 7.11 Å². The lowest BCUT2D eigenvalue weighted by atomic mass is 10.0. The van der Waals surface area contributed by atoms with Gasteiger partial charge in [0, 0.05) is 11.1 Å². The molecule has 0 unspecified atom stereocenters. The van der Waals surface area contributed by atoms with Crippen molar-refractivity contribution in [3.05, 3.63) is 83.1 Å². The van der Waals surface area contributed by atoms with E-state index in [-0.39, 0.29) is 5.70 Å². The largest absolute Gasteiger partial charge is 0.496 e. The molecule has 0 spiro atoms. The van der Waals surface area contributed by atoms with Gasteiger partial charge in [-0.3, -0.25) is 0 Å². The molecule has 1 aliphatic heterocycles. The molecule has 0 saturated carbocycles. The molecule has 4 nitrogen and oxygen atoms in total. The van der Waals surface area contributed by atoms with Crippen LogP contribution in [0.5, 0.6) is 5.75 Å². The number of cyclic esters (lactones) is 1. The molecular weight excluding hydrogens is 326 g/mol. The molecule has 0 saturated heterocycles. The SMILES string of the molecule is COc1ccc2ccccc2c1/C=C1/N=C(c2ccc(C)cc2)OC1=O. The van der Waals surface area contributed by atoms with Crippen LogP contribution in [0.25, 0.3) is 16.8 Å². The number of aryl methyl sites for hydroxylation is 1. The summed E-state index contributed by atoms with van der Waals surface area (Å²) in [6.45, 7) is 2.00. The number of benzene rings is 3. The second kappa shape index (κ2) is 6.48. The summed E-state index contributed by atoms with van der Waals surface area (Å²) in [6, 6.07) is 19.5. The van der Waals surface area contributed by atoms with E-state index in [4.69, 9.17) is 9.47 Å². The fourth-order valence-electron chi connectivity index (χ4n) is 2.97. The Hall–Kier alpha value is -3.40. The first-order valence-electron chi connectivity index (χ1n) is 8.31. The molecule has 0 fully saturated rings. The topological polar surface area (TPSA) is 47.9 Å². The van der Waals surface area contributed by atoms with Gasteiger partial charge < -0.3 is 9.47 Å². The fraction of sp³-hybridized carbons (Fsp3) is 0.0909. The average molecular weight is 343 g/mol. The van der Waals surface area contributed by atoms with E-state index < -0.39 is 5.97 Å². The molecule has 1 heterocycles. The molecule has 0 radical (unpaired) electrons. The van der Waals surface area contributed by atoms with Crippen LogP contribution in [0.4, 0.5) is 0 Å². The first kappa shape index (κ1) is 16.1. The number of carbonyl (C=O) groups is 1. The van der Waals surface area contributed by atoms with Gasteiger partial charge >= 0.3 is 5.97 Å². The second-order valence-electron chi connectivity index (χ2n) is 6.10. The smallest absolute Gasteiger partial charge is 0.363 e. The Morgan fingerprint density at radius 1 is 1.00 bits per heavy atom. The van der Waals surface area contributed by atoms with Crippen molar-refractivity contribution in [2.45, 2.75) is 6.92 Å². The Labute approximate surface area is 151 Å². The molecule has 0 N–H and O–H groups in total. The normalized spacial score (nSPS) is 15.2. The minimum Gasteiger partial charge on any atom is -0.496 e. The van der Waals surface area contributed by atoms with Crippen LogP contribution in [-0.4, -0.2) is 19.0 Å². The predicted octanol–water partition coefficient (Wildman–Crippen LogP) is 4.50. The number of carbonyl (C=O) groups excluding carboxylic acids is 1. The predicted molar refractivity (Wildman–Crippen MR) is 102 cm³/mol. The zero-order chi connectivity index (χ0) is 18.1. The van der Waals surface area contributed by atoms with E-state index in [1.54, 1.807) is 13.2 Å². The number of hydrogen-bond donors (Lipinski definition) is 0. The van der Waals surface area contributed by atoms with Crippen LogP contribution in [0.15, 0.2) is 71.4 Å². The van der Waals surface area contributed by atoms with Crippen molar-refractivity contribution in [1.82, 2.24) is 0 Å². The molecule has 128 valence electrons. The molecule has 3 aromatic carbocycles. The fourth-order valence-corrected chi connectivity index (χ4v) is 2.97. The lowest BCUT2D eigenvalue weighted by Gasteiger charge is -2.08. The second-order valence-corrected chi connectivity index (χ2v) is 6.10. The lowest BCUT2D eigenvalue weighted by molar-refractivity contribution is -0.129. The van der Waals surface area contributed by atoms with E-state index in [2.05, 4.69) is 4.99 Å². The highest BCUT2D eigenvalue weighted by atomic mass is 16.6. The van der Waals surface area contributed by atoms with Gasteiger partial charge in [-0.05, 0) is 42.0 Å². The van der Waals surface area contributed by atoms with E-state index in [9.17, 15) is 4.79 Å². The molecule has 0 aliphatic carbocycles. The van der Waals surface area contributed by atoms with Gasteiger partial charge in [0.1, 0.15) is 5.75 Å². The molecular formula is C22H17NO3. The standard InChI is InChI=1S/C22H17NO3/c1-14-7-9-16(10-8-14)21-23-19(22(24)26-21)13-18-17-6-4-3-5-15(17)11-12-20(18)25-2/h3-13H,1-2H3/b19-13+. The third-order valence-electron chi connectivity index (χ3n) is 4.35. The van der Waals surface area contributed by atoms with E-state index in [0.717, 1.165) is 27.5 Å². The van der Waals surface area contributed by atoms with Crippen LogP contribution in [-0.2, 0) is 9.53 Å². The Morgan fingerprint density at radius 3 is 2.54 bits per heavy atom. The van der Waals surface area contributed by atoms with Gasteiger partial charge in [0.15, 0.2) is 5.70 Å². The molecule has 1 aliphatic rings. The van der Waals surface area contributed by atoms with Gasteiger partial charge in [0.25, 0.3) is 0 Å². The van der Waals surface area contributed by atoms with Gasteiger partial charge in [0.2, 0.25) is 5.90 Å². The highest BCUT2D eigenvalue weighted by Gasteiger charge is 2.24. The van der Waals surface area contributed by atoms with Gasteiger partial charge in [-0.15, -0.1) is 0 Å². The Bertz CT molecular complexity index is 1060. The van der Waals surface area contributed by atoms with Gasteiger partial charge in [-0.2, -0.15) is 0 Å². The van der Waals surface area contributed by atoms with Crippen LogP contribution < -0.4 is 4.74 Å². The van der Waals surface area contributed by atoms with Gasteiger partial charge in [-0.25, -0.2) is 9.79 Å². The number of rotatable bonds is 3. The third kappa shape index (κ3) is 2.86. The summed E-state index contributed by atoms with van der Waals surface area (Å²) < 4.78 is 10.8. The quantitative estimate of drug-likeness (QED) is 0.519. The van der Waals surface area contributed by atoms with E-state index in [1.807, 2.05) is 67.6 Å². The summed E-state index contributed by atoms with van der Waals surface area (Å²) in [7, 11) is 1.61. The van der Waals surface area contributed by atoms with Crippen LogP contribution in [0, 0.1) is 6.92 Å². The van der Waals surface area contributed by atoms with Crippen molar-refractivity contribution < 1.29 is 14.3 Å². The van der Waals surface area contributed by atoms with Crippen molar-refractivity contribution >= 4 is 28.7 Å². The first-order valence-corrected chi connectivity index (χ1v) is 8.31. The maximum absolute atomic E-state index is 12.3. The highest BCUT2D eigenvalue weighted by molar-refractivity contribution is 6.13. The molecule has 3 aromatic rings.